The quantitative estimate of drug-likeness (QED) is 0.898. The first-order valence-corrected chi connectivity index (χ1v) is 10.1. The molecular weight excluding hydrogens is 314 g/mol. The van der Waals surface area contributed by atoms with Gasteiger partial charge in [-0.25, -0.2) is 8.42 Å². The fourth-order valence-electron chi connectivity index (χ4n) is 2.29. The van der Waals surface area contributed by atoms with E-state index in [1.54, 1.807) is 6.92 Å². The molecule has 0 bridgehead atoms. The maximum atomic E-state index is 11.5. The molecule has 0 spiro atoms. The van der Waals surface area contributed by atoms with Gasteiger partial charge in [-0.1, -0.05) is 18.5 Å². The Morgan fingerprint density at radius 1 is 1.45 bits per heavy atom. The standard InChI is InChI=1S/C14H20ClNO2S2/c1-2-20(17,18)9-7-16-13-4-3-8-19-14-6-5-11(15)10-12(13)14/h5-6,10,13,16H,2-4,7-9H2,1H3/t13-/m1/s1. The lowest BCUT2D eigenvalue weighted by Gasteiger charge is -2.19. The van der Waals surface area contributed by atoms with E-state index in [1.807, 2.05) is 23.9 Å². The van der Waals surface area contributed by atoms with Crippen LogP contribution in [-0.4, -0.2) is 32.2 Å². The highest BCUT2D eigenvalue weighted by Gasteiger charge is 2.19. The van der Waals surface area contributed by atoms with Crippen LogP contribution in [0.5, 0.6) is 0 Å². The molecule has 0 saturated heterocycles. The summed E-state index contributed by atoms with van der Waals surface area (Å²) in [5.41, 5.74) is 1.20. The van der Waals surface area contributed by atoms with Crippen molar-refractivity contribution in [2.75, 3.05) is 23.8 Å². The summed E-state index contributed by atoms with van der Waals surface area (Å²) < 4.78 is 23.1. The summed E-state index contributed by atoms with van der Waals surface area (Å²) in [5, 5.41) is 4.12. The summed E-state index contributed by atoms with van der Waals surface area (Å²) >= 11 is 7.94. The Morgan fingerprint density at radius 3 is 3.00 bits per heavy atom. The van der Waals surface area contributed by atoms with Gasteiger partial charge in [0.05, 0.1) is 5.75 Å². The molecule has 3 nitrogen and oxygen atoms in total. The van der Waals surface area contributed by atoms with Crippen LogP contribution in [0, 0.1) is 0 Å². The van der Waals surface area contributed by atoms with Crippen LogP contribution in [0.25, 0.3) is 0 Å². The lowest BCUT2D eigenvalue weighted by atomic mass is 10.0. The molecule has 1 heterocycles. The Balaban J connectivity index is 2.07. The summed E-state index contributed by atoms with van der Waals surface area (Å²) in [5.74, 6) is 1.50. The summed E-state index contributed by atoms with van der Waals surface area (Å²) in [6.45, 7) is 2.18. The summed E-state index contributed by atoms with van der Waals surface area (Å²) in [7, 11) is -2.91. The van der Waals surface area contributed by atoms with Gasteiger partial charge in [0.2, 0.25) is 0 Å². The maximum absolute atomic E-state index is 11.5. The number of halogens is 1. The van der Waals surface area contributed by atoms with Crippen molar-refractivity contribution in [2.45, 2.75) is 30.7 Å². The number of sulfone groups is 1. The number of hydrogen-bond donors (Lipinski definition) is 1. The van der Waals surface area contributed by atoms with Gasteiger partial charge in [0, 0.05) is 28.3 Å². The van der Waals surface area contributed by atoms with Crippen LogP contribution in [0.4, 0.5) is 0 Å². The minimum Gasteiger partial charge on any atom is -0.309 e. The van der Waals surface area contributed by atoms with Crippen LogP contribution in [0.1, 0.15) is 31.4 Å². The van der Waals surface area contributed by atoms with Crippen molar-refractivity contribution in [3.8, 4) is 0 Å². The Hall–Kier alpha value is -0.230. The van der Waals surface area contributed by atoms with E-state index in [0.717, 1.165) is 23.6 Å². The first-order chi connectivity index (χ1) is 9.52. The normalized spacial score (nSPS) is 19.4. The van der Waals surface area contributed by atoms with Gasteiger partial charge < -0.3 is 5.32 Å². The topological polar surface area (TPSA) is 46.2 Å². The smallest absolute Gasteiger partial charge is 0.151 e. The molecule has 1 aromatic rings. The van der Waals surface area contributed by atoms with Gasteiger partial charge in [-0.05, 0) is 42.4 Å². The van der Waals surface area contributed by atoms with Crippen molar-refractivity contribution in [2.24, 2.45) is 0 Å². The molecular formula is C14H20ClNO2S2. The van der Waals surface area contributed by atoms with Crippen LogP contribution >= 0.6 is 23.4 Å². The van der Waals surface area contributed by atoms with E-state index in [1.165, 1.54) is 10.5 Å². The van der Waals surface area contributed by atoms with E-state index in [4.69, 9.17) is 11.6 Å². The highest BCUT2D eigenvalue weighted by molar-refractivity contribution is 7.99. The number of thioether (sulfide) groups is 1. The molecule has 6 heteroatoms. The van der Waals surface area contributed by atoms with Crippen molar-refractivity contribution in [1.29, 1.82) is 0 Å². The summed E-state index contributed by atoms with van der Waals surface area (Å²) in [4.78, 5) is 1.25. The molecule has 1 atom stereocenters. The SMILES string of the molecule is CCS(=O)(=O)CCN[C@@H]1CCCSc2ccc(Cl)cc21. The molecule has 2 rings (SSSR count). The molecule has 1 aliphatic rings. The van der Waals surface area contributed by atoms with Crippen LogP contribution in [0.3, 0.4) is 0 Å². The molecule has 1 N–H and O–H groups in total. The molecule has 0 amide bonds. The van der Waals surface area contributed by atoms with E-state index < -0.39 is 9.84 Å². The molecule has 0 fully saturated rings. The second-order valence-electron chi connectivity index (χ2n) is 4.92. The van der Waals surface area contributed by atoms with Gasteiger partial charge in [-0.15, -0.1) is 11.8 Å². The zero-order valence-electron chi connectivity index (χ0n) is 11.6. The molecule has 0 saturated carbocycles. The fraction of sp³-hybridized carbons (Fsp3) is 0.571. The van der Waals surface area contributed by atoms with Gasteiger partial charge in [0.1, 0.15) is 0 Å². The number of fused-ring (bicyclic) bond motifs is 1. The largest absolute Gasteiger partial charge is 0.309 e. The summed E-state index contributed by atoms with van der Waals surface area (Å²) in [6, 6.07) is 6.18. The third-order valence-corrected chi connectivity index (χ3v) is 6.60. The zero-order valence-corrected chi connectivity index (χ0v) is 14.0. The van der Waals surface area contributed by atoms with Gasteiger partial charge in [-0.3, -0.25) is 0 Å². The molecule has 0 aliphatic carbocycles. The van der Waals surface area contributed by atoms with Crippen LogP contribution in [0.15, 0.2) is 23.1 Å². The monoisotopic (exact) mass is 333 g/mol. The van der Waals surface area contributed by atoms with E-state index in [9.17, 15) is 8.42 Å². The number of rotatable bonds is 5. The van der Waals surface area contributed by atoms with E-state index in [2.05, 4.69) is 11.4 Å². The van der Waals surface area contributed by atoms with Crippen molar-refractivity contribution < 1.29 is 8.42 Å². The van der Waals surface area contributed by atoms with E-state index in [0.29, 0.717) is 6.54 Å². The Morgan fingerprint density at radius 2 is 2.25 bits per heavy atom. The maximum Gasteiger partial charge on any atom is 0.151 e. The Labute approximate surface area is 130 Å². The highest BCUT2D eigenvalue weighted by Crippen LogP contribution is 2.36. The van der Waals surface area contributed by atoms with Crippen molar-refractivity contribution >= 4 is 33.2 Å². The fourth-order valence-corrected chi connectivity index (χ4v) is 4.25. The van der Waals surface area contributed by atoms with Gasteiger partial charge >= 0.3 is 0 Å². The zero-order chi connectivity index (χ0) is 14.6. The van der Waals surface area contributed by atoms with Gasteiger partial charge in [0.25, 0.3) is 0 Å². The number of benzene rings is 1. The van der Waals surface area contributed by atoms with Crippen LogP contribution in [0.2, 0.25) is 5.02 Å². The summed E-state index contributed by atoms with van der Waals surface area (Å²) in [6.07, 6.45) is 2.14. The van der Waals surface area contributed by atoms with Crippen molar-refractivity contribution in [3.05, 3.63) is 28.8 Å². The van der Waals surface area contributed by atoms with Crippen LogP contribution in [-0.2, 0) is 9.84 Å². The lowest BCUT2D eigenvalue weighted by molar-refractivity contribution is 0.505. The highest BCUT2D eigenvalue weighted by atomic mass is 35.5. The van der Waals surface area contributed by atoms with Gasteiger partial charge in [0.15, 0.2) is 9.84 Å². The predicted molar refractivity (Wildman–Crippen MR) is 86.5 cm³/mol. The number of hydrogen-bond acceptors (Lipinski definition) is 4. The molecule has 20 heavy (non-hydrogen) atoms. The van der Waals surface area contributed by atoms with E-state index >= 15 is 0 Å². The third kappa shape index (κ3) is 4.38. The minimum absolute atomic E-state index is 0.197. The Kier molecular flexibility index (Phi) is 5.78. The molecule has 1 aliphatic heterocycles. The van der Waals surface area contributed by atoms with Crippen molar-refractivity contribution in [1.82, 2.24) is 5.32 Å². The average Bonchev–Trinajstić information content (AvgIpc) is 2.61. The molecule has 0 radical (unpaired) electrons. The van der Waals surface area contributed by atoms with Crippen LogP contribution < -0.4 is 5.32 Å². The second-order valence-corrected chi connectivity index (χ2v) is 8.96. The first-order valence-electron chi connectivity index (χ1n) is 6.88. The van der Waals surface area contributed by atoms with Crippen molar-refractivity contribution in [3.63, 3.8) is 0 Å². The molecule has 0 unspecified atom stereocenters. The number of nitrogens with one attached hydrogen (secondary N) is 1. The Bertz CT molecular complexity index is 560. The predicted octanol–water partition coefficient (Wildman–Crippen LogP) is 3.29. The second kappa shape index (κ2) is 7.16. The van der Waals surface area contributed by atoms with Gasteiger partial charge in [-0.2, -0.15) is 0 Å². The molecule has 112 valence electrons. The first kappa shape index (κ1) is 16.1. The third-order valence-electron chi connectivity index (χ3n) is 3.49. The molecule has 1 aromatic carbocycles. The average molecular weight is 334 g/mol. The minimum atomic E-state index is -2.91. The lowest BCUT2D eigenvalue weighted by Crippen LogP contribution is -2.28. The molecule has 0 aromatic heterocycles. The van der Waals surface area contributed by atoms with E-state index in [-0.39, 0.29) is 17.5 Å².